The lowest BCUT2D eigenvalue weighted by Gasteiger charge is -2.35. The molecule has 1 unspecified atom stereocenters. The van der Waals surface area contributed by atoms with Crippen LogP contribution in [0.2, 0.25) is 0 Å². The molecule has 0 aliphatic carbocycles. The zero-order valence-electron chi connectivity index (χ0n) is 21.2. The molecule has 2 aromatic rings. The topological polar surface area (TPSA) is 114 Å². The van der Waals surface area contributed by atoms with E-state index in [1.165, 1.54) is 30.7 Å². The van der Waals surface area contributed by atoms with Crippen molar-refractivity contribution in [1.82, 2.24) is 14.9 Å². The van der Waals surface area contributed by atoms with Crippen LogP contribution in [0.3, 0.4) is 0 Å². The molecule has 1 aliphatic heterocycles. The van der Waals surface area contributed by atoms with Gasteiger partial charge in [0.25, 0.3) is 5.91 Å². The Bertz CT molecular complexity index is 1140. The second-order valence-electron chi connectivity index (χ2n) is 9.24. The number of rotatable bonds is 10. The van der Waals surface area contributed by atoms with E-state index in [2.05, 4.69) is 10.6 Å². The minimum absolute atomic E-state index is 0.194. The van der Waals surface area contributed by atoms with Gasteiger partial charge < -0.3 is 20.1 Å². The molecule has 1 aliphatic rings. The lowest BCUT2D eigenvalue weighted by molar-refractivity contribution is -0.124. The predicted molar refractivity (Wildman–Crippen MR) is 137 cm³/mol. The number of carbonyl (C=O) groups excluding carboxylic acids is 2. The largest absolute Gasteiger partial charge is 0.497 e. The molecule has 2 amide bonds. The molecule has 1 atom stereocenters. The van der Waals surface area contributed by atoms with Crippen molar-refractivity contribution in [1.29, 1.82) is 0 Å². The van der Waals surface area contributed by atoms with Gasteiger partial charge in [0, 0.05) is 25.2 Å². The first-order chi connectivity index (χ1) is 17.1. The number of hydrogen-bond donors (Lipinski definition) is 2. The molecule has 9 nitrogen and oxygen atoms in total. The Morgan fingerprint density at radius 3 is 2.22 bits per heavy atom. The fraction of sp³-hybridized carbons (Fsp3) is 0.462. The summed E-state index contributed by atoms with van der Waals surface area (Å²) in [6, 6.07) is 12.2. The van der Waals surface area contributed by atoms with Gasteiger partial charge in [-0.1, -0.05) is 19.9 Å². The van der Waals surface area contributed by atoms with Gasteiger partial charge in [0.2, 0.25) is 15.9 Å². The first-order valence-corrected chi connectivity index (χ1v) is 13.5. The second kappa shape index (κ2) is 12.2. The van der Waals surface area contributed by atoms with Crippen LogP contribution in [0.4, 0.5) is 0 Å². The average molecular weight is 518 g/mol. The van der Waals surface area contributed by atoms with Gasteiger partial charge in [-0.3, -0.25) is 9.59 Å². The van der Waals surface area contributed by atoms with Crippen molar-refractivity contribution in [3.63, 3.8) is 0 Å². The lowest BCUT2D eigenvalue weighted by atomic mass is 9.89. The Hall–Kier alpha value is -3.11. The van der Waals surface area contributed by atoms with Crippen molar-refractivity contribution in [2.24, 2.45) is 11.8 Å². The predicted octanol–water partition coefficient (Wildman–Crippen LogP) is 2.68. The van der Waals surface area contributed by atoms with Gasteiger partial charge in [-0.2, -0.15) is 4.31 Å². The summed E-state index contributed by atoms with van der Waals surface area (Å²) in [5.74, 6) is 0.507. The van der Waals surface area contributed by atoms with Crippen LogP contribution >= 0.6 is 0 Å². The highest BCUT2D eigenvalue weighted by atomic mass is 32.2. The van der Waals surface area contributed by atoms with Gasteiger partial charge in [-0.25, -0.2) is 8.42 Å². The normalized spacial score (nSPS) is 15.8. The maximum Gasteiger partial charge on any atom is 0.252 e. The van der Waals surface area contributed by atoms with Gasteiger partial charge in [0.15, 0.2) is 0 Å². The van der Waals surface area contributed by atoms with E-state index >= 15 is 0 Å². The minimum atomic E-state index is -3.68. The van der Waals surface area contributed by atoms with Gasteiger partial charge in [0.1, 0.15) is 17.5 Å². The molecule has 0 aromatic heterocycles. The summed E-state index contributed by atoms with van der Waals surface area (Å²) in [6.45, 7) is 4.97. The fourth-order valence-electron chi connectivity index (χ4n) is 4.15. The number of nitrogens with zero attached hydrogens (tertiary/aromatic N) is 1. The molecule has 196 valence electrons. The Labute approximate surface area is 213 Å². The molecular weight excluding hydrogens is 482 g/mol. The summed E-state index contributed by atoms with van der Waals surface area (Å²) < 4.78 is 38.0. The van der Waals surface area contributed by atoms with Crippen LogP contribution in [-0.4, -0.2) is 64.4 Å². The van der Waals surface area contributed by atoms with E-state index in [9.17, 15) is 18.0 Å². The third-order valence-electron chi connectivity index (χ3n) is 6.25. The number of amides is 2. The summed E-state index contributed by atoms with van der Waals surface area (Å²) in [5.41, 5.74) is 0.385. The third-order valence-corrected chi connectivity index (χ3v) is 8.17. The Kier molecular flexibility index (Phi) is 9.33. The minimum Gasteiger partial charge on any atom is -0.497 e. The van der Waals surface area contributed by atoms with E-state index in [-0.39, 0.29) is 41.6 Å². The second-order valence-corrected chi connectivity index (χ2v) is 11.2. The summed E-state index contributed by atoms with van der Waals surface area (Å²) in [5, 5.41) is 5.80. The summed E-state index contributed by atoms with van der Waals surface area (Å²) >= 11 is 0. The number of carbonyl (C=O) groups is 2. The standard InChI is InChI=1S/C26H35N3O6S/c1-18(2)17-27-26(31)24(28-25(30)20-6-5-7-22(16-20)35-4)19-12-14-29(15-13-19)36(32,33)23-10-8-21(34-3)9-11-23/h5-11,16,18-19,24H,12-15,17H2,1-4H3,(H,27,31)(H,28,30). The van der Waals surface area contributed by atoms with E-state index in [1.54, 1.807) is 36.4 Å². The van der Waals surface area contributed by atoms with Crippen molar-refractivity contribution in [2.75, 3.05) is 33.9 Å². The maximum atomic E-state index is 13.1. The molecule has 0 radical (unpaired) electrons. The van der Waals surface area contributed by atoms with Crippen LogP contribution in [-0.2, 0) is 14.8 Å². The smallest absolute Gasteiger partial charge is 0.252 e. The monoisotopic (exact) mass is 517 g/mol. The summed E-state index contributed by atoms with van der Waals surface area (Å²) in [7, 11) is -0.632. The molecule has 1 fully saturated rings. The zero-order valence-corrected chi connectivity index (χ0v) is 22.0. The zero-order chi connectivity index (χ0) is 26.3. The van der Waals surface area contributed by atoms with Crippen molar-refractivity contribution in [3.8, 4) is 11.5 Å². The Balaban J connectivity index is 1.73. The van der Waals surface area contributed by atoms with Crippen molar-refractivity contribution in [3.05, 3.63) is 54.1 Å². The van der Waals surface area contributed by atoms with Crippen LogP contribution in [0.5, 0.6) is 11.5 Å². The molecule has 0 saturated carbocycles. The van der Waals surface area contributed by atoms with Crippen LogP contribution in [0.1, 0.15) is 37.0 Å². The Morgan fingerprint density at radius 1 is 1.00 bits per heavy atom. The molecule has 2 N–H and O–H groups in total. The van der Waals surface area contributed by atoms with E-state index in [0.717, 1.165) is 0 Å². The fourth-order valence-corrected chi connectivity index (χ4v) is 5.62. The molecule has 3 rings (SSSR count). The highest BCUT2D eigenvalue weighted by molar-refractivity contribution is 7.89. The SMILES string of the molecule is COc1ccc(S(=O)(=O)N2CCC(C(NC(=O)c3cccc(OC)c3)C(=O)NCC(C)C)CC2)cc1. The van der Waals surface area contributed by atoms with Crippen LogP contribution in [0.15, 0.2) is 53.4 Å². The summed E-state index contributed by atoms with van der Waals surface area (Å²) in [4.78, 5) is 26.3. The number of nitrogens with one attached hydrogen (secondary N) is 2. The average Bonchev–Trinajstić information content (AvgIpc) is 2.90. The molecular formula is C26H35N3O6S. The van der Waals surface area contributed by atoms with E-state index in [4.69, 9.17) is 9.47 Å². The van der Waals surface area contributed by atoms with Gasteiger partial charge in [-0.15, -0.1) is 0 Å². The number of benzene rings is 2. The maximum absolute atomic E-state index is 13.1. The number of sulfonamides is 1. The molecule has 10 heteroatoms. The highest BCUT2D eigenvalue weighted by Crippen LogP contribution is 2.27. The molecule has 2 aromatic carbocycles. The first kappa shape index (κ1) is 27.5. The quantitative estimate of drug-likeness (QED) is 0.501. The summed E-state index contributed by atoms with van der Waals surface area (Å²) in [6.07, 6.45) is 0.876. The van der Waals surface area contributed by atoms with Gasteiger partial charge in [-0.05, 0) is 67.1 Å². The lowest BCUT2D eigenvalue weighted by Crippen LogP contribution is -2.54. The third kappa shape index (κ3) is 6.76. The van der Waals surface area contributed by atoms with Crippen molar-refractivity contribution in [2.45, 2.75) is 37.6 Å². The number of ether oxygens (including phenoxy) is 2. The number of hydrogen-bond acceptors (Lipinski definition) is 6. The highest BCUT2D eigenvalue weighted by Gasteiger charge is 2.36. The van der Waals surface area contributed by atoms with Gasteiger partial charge in [0.05, 0.1) is 19.1 Å². The van der Waals surface area contributed by atoms with Crippen molar-refractivity contribution < 1.29 is 27.5 Å². The van der Waals surface area contributed by atoms with Gasteiger partial charge >= 0.3 is 0 Å². The molecule has 0 bridgehead atoms. The van der Waals surface area contributed by atoms with E-state index < -0.39 is 16.1 Å². The molecule has 1 saturated heterocycles. The van der Waals surface area contributed by atoms with Crippen LogP contribution < -0.4 is 20.1 Å². The van der Waals surface area contributed by atoms with Crippen molar-refractivity contribution >= 4 is 21.8 Å². The van der Waals surface area contributed by atoms with Crippen LogP contribution in [0, 0.1) is 11.8 Å². The number of piperidine rings is 1. The first-order valence-electron chi connectivity index (χ1n) is 12.0. The van der Waals surface area contributed by atoms with E-state index in [1.807, 2.05) is 13.8 Å². The van der Waals surface area contributed by atoms with Crippen LogP contribution in [0.25, 0.3) is 0 Å². The Morgan fingerprint density at radius 2 is 1.64 bits per heavy atom. The van der Waals surface area contributed by atoms with E-state index in [0.29, 0.717) is 36.4 Å². The molecule has 0 spiro atoms. The molecule has 36 heavy (non-hydrogen) atoms. The number of methoxy groups -OCH3 is 2. The molecule has 1 heterocycles.